The standard InChI is InChI=1S/C10H17N3O/c1-3-4-5-7-11-10(14)9-6-8-12-13(9)2/h6,8H,3-5,7H2,1-2H3,(H,11,14). The van der Waals surface area contributed by atoms with Crippen molar-refractivity contribution in [3.05, 3.63) is 18.0 Å². The number of carbonyl (C=O) groups is 1. The van der Waals surface area contributed by atoms with Gasteiger partial charge in [-0.05, 0) is 12.5 Å². The number of aromatic nitrogens is 2. The maximum atomic E-state index is 11.5. The molecule has 0 aliphatic rings. The van der Waals surface area contributed by atoms with Crippen LogP contribution in [0.3, 0.4) is 0 Å². The highest BCUT2D eigenvalue weighted by Crippen LogP contribution is 1.96. The van der Waals surface area contributed by atoms with E-state index in [2.05, 4.69) is 17.3 Å². The van der Waals surface area contributed by atoms with Gasteiger partial charge in [0.05, 0.1) is 0 Å². The lowest BCUT2D eigenvalue weighted by Gasteiger charge is -2.04. The number of nitrogens with zero attached hydrogens (tertiary/aromatic N) is 2. The number of hydrogen-bond donors (Lipinski definition) is 1. The predicted octanol–water partition coefficient (Wildman–Crippen LogP) is 1.34. The fourth-order valence-corrected chi connectivity index (χ4v) is 1.26. The molecular formula is C10H17N3O. The van der Waals surface area contributed by atoms with E-state index in [1.54, 1.807) is 24.0 Å². The number of amides is 1. The lowest BCUT2D eigenvalue weighted by molar-refractivity contribution is 0.0943. The molecule has 0 bridgehead atoms. The van der Waals surface area contributed by atoms with Crippen LogP contribution in [0.1, 0.15) is 36.7 Å². The number of unbranched alkanes of at least 4 members (excludes halogenated alkanes) is 2. The lowest BCUT2D eigenvalue weighted by Crippen LogP contribution is -2.26. The summed E-state index contributed by atoms with van der Waals surface area (Å²) in [5, 5.41) is 6.80. The van der Waals surface area contributed by atoms with Crippen molar-refractivity contribution in [2.45, 2.75) is 26.2 Å². The molecule has 1 heterocycles. The Bertz CT molecular complexity index is 293. The molecule has 0 aliphatic carbocycles. The Hall–Kier alpha value is -1.32. The van der Waals surface area contributed by atoms with Crippen molar-refractivity contribution in [2.24, 2.45) is 7.05 Å². The second-order valence-electron chi connectivity index (χ2n) is 3.30. The average Bonchev–Trinajstić information content (AvgIpc) is 2.59. The first-order valence-corrected chi connectivity index (χ1v) is 5.02. The van der Waals surface area contributed by atoms with Crippen molar-refractivity contribution >= 4 is 5.91 Å². The quantitative estimate of drug-likeness (QED) is 0.721. The van der Waals surface area contributed by atoms with Gasteiger partial charge in [0.2, 0.25) is 0 Å². The van der Waals surface area contributed by atoms with E-state index >= 15 is 0 Å². The number of rotatable bonds is 5. The molecule has 0 spiro atoms. The number of carbonyl (C=O) groups excluding carboxylic acids is 1. The van der Waals surface area contributed by atoms with Crippen molar-refractivity contribution in [1.29, 1.82) is 0 Å². The number of hydrogen-bond acceptors (Lipinski definition) is 2. The summed E-state index contributed by atoms with van der Waals surface area (Å²) in [6.07, 6.45) is 4.99. The molecule has 0 aromatic carbocycles. The number of nitrogens with one attached hydrogen (secondary N) is 1. The Kier molecular flexibility index (Phi) is 4.16. The van der Waals surface area contributed by atoms with E-state index in [1.165, 1.54) is 6.42 Å². The van der Waals surface area contributed by atoms with Gasteiger partial charge in [-0.2, -0.15) is 5.10 Å². The minimum absolute atomic E-state index is 0.0406. The van der Waals surface area contributed by atoms with Crippen LogP contribution in [0.4, 0.5) is 0 Å². The smallest absolute Gasteiger partial charge is 0.269 e. The van der Waals surface area contributed by atoms with Gasteiger partial charge in [0, 0.05) is 19.8 Å². The zero-order valence-electron chi connectivity index (χ0n) is 8.79. The molecule has 0 atom stereocenters. The van der Waals surface area contributed by atoms with E-state index in [-0.39, 0.29) is 5.91 Å². The van der Waals surface area contributed by atoms with Crippen LogP contribution in [-0.2, 0) is 7.05 Å². The summed E-state index contributed by atoms with van der Waals surface area (Å²) in [6.45, 7) is 2.89. The zero-order chi connectivity index (χ0) is 10.4. The monoisotopic (exact) mass is 195 g/mol. The Morgan fingerprint density at radius 1 is 1.57 bits per heavy atom. The highest BCUT2D eigenvalue weighted by molar-refractivity contribution is 5.92. The highest BCUT2D eigenvalue weighted by atomic mass is 16.2. The summed E-state index contributed by atoms with van der Waals surface area (Å²) in [7, 11) is 1.76. The van der Waals surface area contributed by atoms with Crippen LogP contribution in [-0.4, -0.2) is 22.2 Å². The Labute approximate surface area is 84.3 Å². The van der Waals surface area contributed by atoms with Crippen molar-refractivity contribution in [1.82, 2.24) is 15.1 Å². The molecule has 4 heteroatoms. The second kappa shape index (κ2) is 5.42. The molecule has 4 nitrogen and oxygen atoms in total. The number of aryl methyl sites for hydroxylation is 1. The molecule has 0 saturated heterocycles. The Morgan fingerprint density at radius 3 is 2.93 bits per heavy atom. The van der Waals surface area contributed by atoms with Crippen LogP contribution in [0.2, 0.25) is 0 Å². The first-order valence-electron chi connectivity index (χ1n) is 5.02. The summed E-state index contributed by atoms with van der Waals surface area (Å²) in [5.41, 5.74) is 0.612. The summed E-state index contributed by atoms with van der Waals surface area (Å²) < 4.78 is 1.58. The molecule has 1 N–H and O–H groups in total. The predicted molar refractivity (Wildman–Crippen MR) is 55.1 cm³/mol. The fraction of sp³-hybridized carbons (Fsp3) is 0.600. The molecule has 14 heavy (non-hydrogen) atoms. The summed E-state index contributed by atoms with van der Waals surface area (Å²) in [5.74, 6) is -0.0406. The van der Waals surface area contributed by atoms with Crippen molar-refractivity contribution in [3.8, 4) is 0 Å². The molecule has 1 amide bonds. The molecule has 78 valence electrons. The molecule has 1 rings (SSSR count). The SMILES string of the molecule is CCCCCNC(=O)c1ccnn1C. The van der Waals surface area contributed by atoms with E-state index in [0.717, 1.165) is 19.4 Å². The lowest BCUT2D eigenvalue weighted by atomic mass is 10.2. The summed E-state index contributed by atoms with van der Waals surface area (Å²) in [6, 6.07) is 1.72. The first-order chi connectivity index (χ1) is 6.75. The van der Waals surface area contributed by atoms with Gasteiger partial charge in [0.15, 0.2) is 0 Å². The van der Waals surface area contributed by atoms with Gasteiger partial charge in [-0.25, -0.2) is 0 Å². The minimum Gasteiger partial charge on any atom is -0.351 e. The van der Waals surface area contributed by atoms with Gasteiger partial charge >= 0.3 is 0 Å². The second-order valence-corrected chi connectivity index (χ2v) is 3.30. The third-order valence-electron chi connectivity index (χ3n) is 2.12. The van der Waals surface area contributed by atoms with Crippen LogP contribution >= 0.6 is 0 Å². The van der Waals surface area contributed by atoms with Crippen molar-refractivity contribution in [2.75, 3.05) is 6.54 Å². The van der Waals surface area contributed by atoms with Gasteiger partial charge in [-0.1, -0.05) is 19.8 Å². The normalized spacial score (nSPS) is 10.1. The zero-order valence-corrected chi connectivity index (χ0v) is 8.79. The van der Waals surface area contributed by atoms with E-state index in [4.69, 9.17) is 0 Å². The van der Waals surface area contributed by atoms with Crippen molar-refractivity contribution < 1.29 is 4.79 Å². The molecule has 1 aromatic heterocycles. The van der Waals surface area contributed by atoms with E-state index in [0.29, 0.717) is 5.69 Å². The van der Waals surface area contributed by atoms with Crippen LogP contribution in [0.5, 0.6) is 0 Å². The maximum Gasteiger partial charge on any atom is 0.269 e. The molecule has 0 fully saturated rings. The molecule has 0 radical (unpaired) electrons. The average molecular weight is 195 g/mol. The van der Waals surface area contributed by atoms with Crippen LogP contribution < -0.4 is 5.32 Å². The molecule has 0 saturated carbocycles. The van der Waals surface area contributed by atoms with Gasteiger partial charge in [0.1, 0.15) is 5.69 Å². The van der Waals surface area contributed by atoms with E-state index < -0.39 is 0 Å². The van der Waals surface area contributed by atoms with Gasteiger partial charge in [-0.3, -0.25) is 9.48 Å². The third kappa shape index (κ3) is 2.87. The van der Waals surface area contributed by atoms with Crippen LogP contribution in [0.15, 0.2) is 12.3 Å². The Morgan fingerprint density at radius 2 is 2.36 bits per heavy atom. The van der Waals surface area contributed by atoms with Gasteiger partial charge < -0.3 is 5.32 Å². The molecule has 0 unspecified atom stereocenters. The van der Waals surface area contributed by atoms with Gasteiger partial charge in [-0.15, -0.1) is 0 Å². The topological polar surface area (TPSA) is 46.9 Å². The molecule has 1 aromatic rings. The maximum absolute atomic E-state index is 11.5. The summed E-state index contributed by atoms with van der Waals surface area (Å²) in [4.78, 5) is 11.5. The van der Waals surface area contributed by atoms with Crippen LogP contribution in [0, 0.1) is 0 Å². The minimum atomic E-state index is -0.0406. The van der Waals surface area contributed by atoms with Gasteiger partial charge in [0.25, 0.3) is 5.91 Å². The largest absolute Gasteiger partial charge is 0.351 e. The fourth-order valence-electron chi connectivity index (χ4n) is 1.26. The Balaban J connectivity index is 2.32. The highest BCUT2D eigenvalue weighted by Gasteiger charge is 2.07. The third-order valence-corrected chi connectivity index (χ3v) is 2.12. The summed E-state index contributed by atoms with van der Waals surface area (Å²) >= 11 is 0. The van der Waals surface area contributed by atoms with Crippen molar-refractivity contribution in [3.63, 3.8) is 0 Å². The van der Waals surface area contributed by atoms with E-state index in [1.807, 2.05) is 0 Å². The van der Waals surface area contributed by atoms with E-state index in [9.17, 15) is 4.79 Å². The molecular weight excluding hydrogens is 178 g/mol. The first kappa shape index (κ1) is 10.8. The van der Waals surface area contributed by atoms with Crippen LogP contribution in [0.25, 0.3) is 0 Å². The molecule has 0 aliphatic heterocycles.